The third kappa shape index (κ3) is 2.65. The predicted molar refractivity (Wildman–Crippen MR) is 72.3 cm³/mol. The molecule has 0 fully saturated rings. The van der Waals surface area contributed by atoms with Gasteiger partial charge in [-0.25, -0.2) is 4.68 Å². The highest BCUT2D eigenvalue weighted by Gasteiger charge is 2.06. The fourth-order valence-corrected chi connectivity index (χ4v) is 1.87. The topological polar surface area (TPSA) is 55.9 Å². The van der Waals surface area contributed by atoms with Crippen molar-refractivity contribution in [1.82, 2.24) is 14.8 Å². The van der Waals surface area contributed by atoms with E-state index in [4.69, 9.17) is 4.42 Å². The minimum atomic E-state index is 0.601. The molecule has 0 atom stereocenters. The monoisotopic (exact) mass is 254 g/mol. The Balaban J connectivity index is 1.79. The first-order valence-electron chi connectivity index (χ1n) is 6.05. The predicted octanol–water partition coefficient (Wildman–Crippen LogP) is 2.97. The number of aryl methyl sites for hydroxylation is 1. The second-order valence-electron chi connectivity index (χ2n) is 4.25. The van der Waals surface area contributed by atoms with Crippen molar-refractivity contribution in [2.45, 2.75) is 13.5 Å². The molecule has 0 saturated carbocycles. The fraction of sp³-hybridized carbons (Fsp3) is 0.143. The number of nitrogens with zero attached hydrogens (tertiary/aromatic N) is 3. The maximum atomic E-state index is 5.56. The molecule has 3 aromatic rings. The largest absolute Gasteiger partial charge is 0.464 e. The second-order valence-corrected chi connectivity index (χ2v) is 4.25. The summed E-state index contributed by atoms with van der Waals surface area (Å²) in [6.07, 6.45) is 5.27. The zero-order valence-electron chi connectivity index (χ0n) is 10.6. The van der Waals surface area contributed by atoms with Gasteiger partial charge in [0, 0.05) is 12.3 Å². The SMILES string of the molecule is Cc1ccc(Cn2nccc2Nc2cccnc2)o1. The zero-order chi connectivity index (χ0) is 13.1. The van der Waals surface area contributed by atoms with Crippen LogP contribution >= 0.6 is 0 Å². The lowest BCUT2D eigenvalue weighted by atomic mass is 10.4. The summed E-state index contributed by atoms with van der Waals surface area (Å²) < 4.78 is 7.41. The lowest BCUT2D eigenvalue weighted by Gasteiger charge is -2.08. The summed E-state index contributed by atoms with van der Waals surface area (Å²) in [6, 6.07) is 9.68. The van der Waals surface area contributed by atoms with E-state index in [-0.39, 0.29) is 0 Å². The van der Waals surface area contributed by atoms with E-state index in [1.54, 1.807) is 18.6 Å². The van der Waals surface area contributed by atoms with Crippen LogP contribution < -0.4 is 5.32 Å². The lowest BCUT2D eigenvalue weighted by Crippen LogP contribution is -2.05. The van der Waals surface area contributed by atoms with Gasteiger partial charge in [0.15, 0.2) is 0 Å². The van der Waals surface area contributed by atoms with Crippen LogP contribution in [0.3, 0.4) is 0 Å². The lowest BCUT2D eigenvalue weighted by molar-refractivity contribution is 0.461. The van der Waals surface area contributed by atoms with Gasteiger partial charge < -0.3 is 9.73 Å². The first-order chi connectivity index (χ1) is 9.31. The number of aromatic nitrogens is 3. The summed E-state index contributed by atoms with van der Waals surface area (Å²) in [4.78, 5) is 4.07. The van der Waals surface area contributed by atoms with E-state index in [1.165, 1.54) is 0 Å². The van der Waals surface area contributed by atoms with Gasteiger partial charge in [-0.3, -0.25) is 4.98 Å². The van der Waals surface area contributed by atoms with Gasteiger partial charge in [-0.2, -0.15) is 5.10 Å². The van der Waals surface area contributed by atoms with Gasteiger partial charge in [0.05, 0.1) is 18.1 Å². The maximum Gasteiger partial charge on any atom is 0.129 e. The van der Waals surface area contributed by atoms with Crippen LogP contribution in [0.1, 0.15) is 11.5 Å². The van der Waals surface area contributed by atoms with E-state index >= 15 is 0 Å². The molecule has 3 rings (SSSR count). The average Bonchev–Trinajstić information content (AvgIpc) is 3.01. The summed E-state index contributed by atoms with van der Waals surface area (Å²) in [7, 11) is 0. The minimum absolute atomic E-state index is 0.601. The van der Waals surface area contributed by atoms with E-state index in [2.05, 4.69) is 15.4 Å². The Bertz CT molecular complexity index is 657. The van der Waals surface area contributed by atoms with Crippen molar-refractivity contribution in [1.29, 1.82) is 0 Å². The third-order valence-electron chi connectivity index (χ3n) is 2.75. The molecule has 0 aliphatic carbocycles. The van der Waals surface area contributed by atoms with Gasteiger partial charge in [-0.1, -0.05) is 0 Å². The average molecular weight is 254 g/mol. The van der Waals surface area contributed by atoms with Gasteiger partial charge in [0.2, 0.25) is 0 Å². The maximum absolute atomic E-state index is 5.56. The quantitative estimate of drug-likeness (QED) is 0.777. The molecule has 0 saturated heterocycles. The summed E-state index contributed by atoms with van der Waals surface area (Å²) in [6.45, 7) is 2.53. The molecule has 0 unspecified atom stereocenters. The molecular formula is C14H14N4O. The third-order valence-corrected chi connectivity index (χ3v) is 2.75. The Morgan fingerprint density at radius 3 is 2.89 bits per heavy atom. The van der Waals surface area contributed by atoms with E-state index in [1.807, 2.05) is 41.9 Å². The van der Waals surface area contributed by atoms with E-state index in [0.717, 1.165) is 23.0 Å². The second kappa shape index (κ2) is 4.97. The van der Waals surface area contributed by atoms with Crippen LogP contribution in [0.15, 0.2) is 53.3 Å². The number of furan rings is 1. The molecule has 0 aliphatic heterocycles. The summed E-state index contributed by atoms with van der Waals surface area (Å²) in [5.41, 5.74) is 0.930. The number of pyridine rings is 1. The van der Waals surface area contributed by atoms with E-state index < -0.39 is 0 Å². The Hall–Kier alpha value is -2.56. The molecule has 96 valence electrons. The van der Waals surface area contributed by atoms with Crippen molar-refractivity contribution >= 4 is 11.5 Å². The number of hydrogen-bond donors (Lipinski definition) is 1. The number of rotatable bonds is 4. The number of nitrogens with one attached hydrogen (secondary N) is 1. The highest BCUT2D eigenvalue weighted by Crippen LogP contribution is 2.16. The van der Waals surface area contributed by atoms with Crippen molar-refractivity contribution in [3.05, 3.63) is 60.4 Å². The smallest absolute Gasteiger partial charge is 0.129 e. The Labute approximate surface area is 110 Å². The molecule has 0 bridgehead atoms. The Morgan fingerprint density at radius 1 is 1.21 bits per heavy atom. The van der Waals surface area contributed by atoms with Crippen molar-refractivity contribution in [3.8, 4) is 0 Å². The molecule has 0 radical (unpaired) electrons. The molecule has 0 aliphatic rings. The molecule has 0 aromatic carbocycles. The molecule has 5 heteroatoms. The number of anilines is 2. The van der Waals surface area contributed by atoms with Crippen LogP contribution in [0.2, 0.25) is 0 Å². The molecule has 5 nitrogen and oxygen atoms in total. The molecular weight excluding hydrogens is 240 g/mol. The fourth-order valence-electron chi connectivity index (χ4n) is 1.87. The minimum Gasteiger partial charge on any atom is -0.464 e. The molecule has 1 N–H and O–H groups in total. The molecule has 0 amide bonds. The Kier molecular flexibility index (Phi) is 3.02. The molecule has 3 heterocycles. The van der Waals surface area contributed by atoms with Gasteiger partial charge in [0.1, 0.15) is 23.9 Å². The van der Waals surface area contributed by atoms with Crippen LogP contribution in [-0.4, -0.2) is 14.8 Å². The van der Waals surface area contributed by atoms with Crippen LogP contribution in [0.25, 0.3) is 0 Å². The van der Waals surface area contributed by atoms with E-state index in [0.29, 0.717) is 6.54 Å². The zero-order valence-corrected chi connectivity index (χ0v) is 10.6. The van der Waals surface area contributed by atoms with Gasteiger partial charge in [0.25, 0.3) is 0 Å². The first kappa shape index (κ1) is 11.5. The van der Waals surface area contributed by atoms with Gasteiger partial charge in [-0.05, 0) is 31.2 Å². The first-order valence-corrected chi connectivity index (χ1v) is 6.05. The summed E-state index contributed by atoms with van der Waals surface area (Å²) in [5.74, 6) is 2.70. The van der Waals surface area contributed by atoms with Crippen LogP contribution in [0.4, 0.5) is 11.5 Å². The van der Waals surface area contributed by atoms with Crippen molar-refractivity contribution in [3.63, 3.8) is 0 Å². The molecule has 0 spiro atoms. The molecule has 19 heavy (non-hydrogen) atoms. The molecule has 3 aromatic heterocycles. The van der Waals surface area contributed by atoms with Crippen molar-refractivity contribution in [2.75, 3.05) is 5.32 Å². The van der Waals surface area contributed by atoms with E-state index in [9.17, 15) is 0 Å². The van der Waals surface area contributed by atoms with Gasteiger partial charge >= 0.3 is 0 Å². The summed E-state index contributed by atoms with van der Waals surface area (Å²) in [5, 5.41) is 7.57. The number of hydrogen-bond acceptors (Lipinski definition) is 4. The highest BCUT2D eigenvalue weighted by molar-refractivity contribution is 5.54. The highest BCUT2D eigenvalue weighted by atomic mass is 16.3. The standard InChI is InChI=1S/C14H14N4O/c1-11-4-5-13(19-11)10-18-14(6-8-16-18)17-12-3-2-7-15-9-12/h2-9,17H,10H2,1H3. The normalized spacial score (nSPS) is 10.6. The van der Waals surface area contributed by atoms with Crippen molar-refractivity contribution in [2.24, 2.45) is 0 Å². The van der Waals surface area contributed by atoms with Gasteiger partial charge in [-0.15, -0.1) is 0 Å². The Morgan fingerprint density at radius 2 is 2.16 bits per heavy atom. The van der Waals surface area contributed by atoms with Crippen molar-refractivity contribution < 1.29 is 4.42 Å². The van der Waals surface area contributed by atoms with Crippen LogP contribution in [0.5, 0.6) is 0 Å². The summed E-state index contributed by atoms with van der Waals surface area (Å²) >= 11 is 0. The van der Waals surface area contributed by atoms with Crippen LogP contribution in [-0.2, 0) is 6.54 Å². The van der Waals surface area contributed by atoms with Crippen LogP contribution in [0, 0.1) is 6.92 Å².